The van der Waals surface area contributed by atoms with E-state index >= 15 is 0 Å². The normalized spacial score (nSPS) is 33.7. The third kappa shape index (κ3) is 2.66. The molecule has 0 unspecified atom stereocenters. The van der Waals surface area contributed by atoms with Gasteiger partial charge >= 0.3 is 0 Å². The summed E-state index contributed by atoms with van der Waals surface area (Å²) in [4.78, 5) is 2.38. The first kappa shape index (κ1) is 12.5. The van der Waals surface area contributed by atoms with Crippen LogP contribution in [0, 0.1) is 0 Å². The molecule has 4 heteroatoms. The molecule has 0 aromatic carbocycles. The number of likely N-dealkylation sites (N-methyl/N-ethyl adjacent to an activating group) is 1. The second-order valence-corrected chi connectivity index (χ2v) is 7.17. The Bertz CT molecular complexity index is 254. The Kier molecular flexibility index (Phi) is 4.03. The summed E-state index contributed by atoms with van der Waals surface area (Å²) in [6.07, 6.45) is 6.21. The van der Waals surface area contributed by atoms with Gasteiger partial charge < -0.3 is 10.2 Å². The number of hydrogen-bond acceptors (Lipinski definition) is 3. The van der Waals surface area contributed by atoms with Crippen molar-refractivity contribution in [3.63, 3.8) is 0 Å². The Morgan fingerprint density at radius 1 is 1.31 bits per heavy atom. The van der Waals surface area contributed by atoms with Crippen LogP contribution in [0.15, 0.2) is 0 Å². The first-order valence-electron chi connectivity index (χ1n) is 6.38. The van der Waals surface area contributed by atoms with Gasteiger partial charge in [0, 0.05) is 40.4 Å². The highest BCUT2D eigenvalue weighted by molar-refractivity contribution is 7.85. The Hall–Kier alpha value is 0.0700. The Labute approximate surface area is 101 Å². The zero-order chi connectivity index (χ0) is 11.6. The first-order chi connectivity index (χ1) is 7.62. The molecule has 16 heavy (non-hydrogen) atoms. The van der Waals surface area contributed by atoms with E-state index in [1.165, 1.54) is 19.3 Å². The maximum atomic E-state index is 11.3. The van der Waals surface area contributed by atoms with Crippen molar-refractivity contribution in [2.75, 3.05) is 32.1 Å². The SMILES string of the molecule is CN(C)C1(CNC2CCS(=O)CC2)CCC1. The van der Waals surface area contributed by atoms with E-state index in [1.54, 1.807) is 0 Å². The average molecular weight is 244 g/mol. The minimum Gasteiger partial charge on any atom is -0.312 e. The lowest BCUT2D eigenvalue weighted by atomic mass is 9.75. The van der Waals surface area contributed by atoms with Gasteiger partial charge in [0.05, 0.1) is 0 Å². The molecule has 1 aliphatic heterocycles. The quantitative estimate of drug-likeness (QED) is 0.800. The molecular formula is C12H24N2OS. The minimum atomic E-state index is -0.533. The monoisotopic (exact) mass is 244 g/mol. The molecule has 3 nitrogen and oxygen atoms in total. The number of hydrogen-bond donors (Lipinski definition) is 1. The third-order valence-corrected chi connectivity index (χ3v) is 5.72. The fourth-order valence-corrected chi connectivity index (χ4v) is 4.00. The lowest BCUT2D eigenvalue weighted by Gasteiger charge is -2.48. The number of nitrogens with one attached hydrogen (secondary N) is 1. The topological polar surface area (TPSA) is 32.3 Å². The van der Waals surface area contributed by atoms with Crippen LogP contribution in [0.5, 0.6) is 0 Å². The number of rotatable bonds is 4. The first-order valence-corrected chi connectivity index (χ1v) is 7.87. The van der Waals surface area contributed by atoms with E-state index in [4.69, 9.17) is 0 Å². The third-order valence-electron chi connectivity index (χ3n) is 4.34. The standard InChI is InChI=1S/C12H24N2OS/c1-14(2)12(6-3-7-12)10-13-11-4-8-16(15)9-5-11/h11,13H,3-10H2,1-2H3. The van der Waals surface area contributed by atoms with E-state index in [0.717, 1.165) is 30.9 Å². The Balaban J connectivity index is 1.76. The molecule has 2 fully saturated rings. The van der Waals surface area contributed by atoms with Gasteiger partial charge in [0.1, 0.15) is 0 Å². The molecule has 0 atom stereocenters. The Morgan fingerprint density at radius 2 is 1.94 bits per heavy atom. The summed E-state index contributed by atoms with van der Waals surface area (Å²) >= 11 is 0. The zero-order valence-electron chi connectivity index (χ0n) is 10.5. The van der Waals surface area contributed by atoms with Gasteiger partial charge in [-0.2, -0.15) is 0 Å². The van der Waals surface area contributed by atoms with Crippen LogP contribution in [-0.4, -0.2) is 52.8 Å². The molecule has 2 aliphatic rings. The highest BCUT2D eigenvalue weighted by Gasteiger charge is 2.39. The lowest BCUT2D eigenvalue weighted by molar-refractivity contribution is 0.0567. The van der Waals surface area contributed by atoms with Crippen molar-refractivity contribution in [3.05, 3.63) is 0 Å². The van der Waals surface area contributed by atoms with Crippen LogP contribution in [0.4, 0.5) is 0 Å². The van der Waals surface area contributed by atoms with Crippen molar-refractivity contribution in [3.8, 4) is 0 Å². The molecule has 0 aromatic rings. The highest BCUT2D eigenvalue weighted by Crippen LogP contribution is 2.35. The molecule has 1 saturated carbocycles. The van der Waals surface area contributed by atoms with Gasteiger partial charge in [0.15, 0.2) is 0 Å². The molecule has 0 spiro atoms. The zero-order valence-corrected chi connectivity index (χ0v) is 11.3. The molecule has 94 valence electrons. The summed E-state index contributed by atoms with van der Waals surface area (Å²) in [5.41, 5.74) is 0.413. The van der Waals surface area contributed by atoms with Crippen LogP contribution in [0.25, 0.3) is 0 Å². The molecule has 1 N–H and O–H groups in total. The summed E-state index contributed by atoms with van der Waals surface area (Å²) in [5.74, 6) is 1.79. The van der Waals surface area contributed by atoms with E-state index in [9.17, 15) is 4.21 Å². The molecule has 1 heterocycles. The van der Waals surface area contributed by atoms with E-state index in [0.29, 0.717) is 11.6 Å². The van der Waals surface area contributed by atoms with Gasteiger partial charge in [-0.3, -0.25) is 4.21 Å². The summed E-state index contributed by atoms with van der Waals surface area (Å²) in [7, 11) is 3.85. The van der Waals surface area contributed by atoms with Gasteiger partial charge in [-0.05, 0) is 46.2 Å². The van der Waals surface area contributed by atoms with Crippen LogP contribution in [0.1, 0.15) is 32.1 Å². The van der Waals surface area contributed by atoms with Gasteiger partial charge in [0.2, 0.25) is 0 Å². The van der Waals surface area contributed by atoms with Crippen LogP contribution in [0.2, 0.25) is 0 Å². The summed E-state index contributed by atoms with van der Waals surface area (Å²) in [6.45, 7) is 1.11. The van der Waals surface area contributed by atoms with Crippen molar-refractivity contribution in [2.24, 2.45) is 0 Å². The highest BCUT2D eigenvalue weighted by atomic mass is 32.2. The van der Waals surface area contributed by atoms with Crippen molar-refractivity contribution < 1.29 is 4.21 Å². The Morgan fingerprint density at radius 3 is 2.38 bits per heavy atom. The maximum Gasteiger partial charge on any atom is 0.0328 e. The summed E-state index contributed by atoms with van der Waals surface area (Å²) in [5, 5.41) is 3.69. The largest absolute Gasteiger partial charge is 0.312 e. The molecule has 1 saturated heterocycles. The number of nitrogens with zero attached hydrogens (tertiary/aromatic N) is 1. The minimum absolute atomic E-state index is 0.413. The van der Waals surface area contributed by atoms with Crippen molar-refractivity contribution in [1.29, 1.82) is 0 Å². The molecule has 0 aromatic heterocycles. The maximum absolute atomic E-state index is 11.3. The second kappa shape index (κ2) is 5.15. The van der Waals surface area contributed by atoms with Gasteiger partial charge in [0.25, 0.3) is 0 Å². The van der Waals surface area contributed by atoms with Crippen LogP contribution < -0.4 is 5.32 Å². The molecule has 2 rings (SSSR count). The van der Waals surface area contributed by atoms with E-state index in [2.05, 4.69) is 24.3 Å². The van der Waals surface area contributed by atoms with Crippen molar-refractivity contribution >= 4 is 10.8 Å². The van der Waals surface area contributed by atoms with Gasteiger partial charge in [-0.1, -0.05) is 0 Å². The molecule has 1 aliphatic carbocycles. The van der Waals surface area contributed by atoms with Crippen LogP contribution in [0.3, 0.4) is 0 Å². The van der Waals surface area contributed by atoms with E-state index in [-0.39, 0.29) is 0 Å². The fourth-order valence-electron chi connectivity index (χ4n) is 2.70. The molecule has 0 amide bonds. The van der Waals surface area contributed by atoms with Gasteiger partial charge in [-0.15, -0.1) is 0 Å². The second-order valence-electron chi connectivity index (χ2n) is 5.48. The van der Waals surface area contributed by atoms with E-state index < -0.39 is 10.8 Å². The fraction of sp³-hybridized carbons (Fsp3) is 1.00. The van der Waals surface area contributed by atoms with E-state index in [1.807, 2.05) is 0 Å². The summed E-state index contributed by atoms with van der Waals surface area (Å²) in [6, 6.07) is 0.607. The van der Waals surface area contributed by atoms with Crippen LogP contribution >= 0.6 is 0 Å². The van der Waals surface area contributed by atoms with Crippen molar-refractivity contribution in [1.82, 2.24) is 10.2 Å². The average Bonchev–Trinajstić information content (AvgIpc) is 2.18. The van der Waals surface area contributed by atoms with Crippen LogP contribution in [-0.2, 0) is 10.8 Å². The molecular weight excluding hydrogens is 220 g/mol. The van der Waals surface area contributed by atoms with Crippen molar-refractivity contribution in [2.45, 2.75) is 43.7 Å². The predicted octanol–water partition coefficient (Wildman–Crippen LogP) is 0.971. The smallest absolute Gasteiger partial charge is 0.0328 e. The molecule has 0 bridgehead atoms. The molecule has 0 radical (unpaired) electrons. The predicted molar refractivity (Wildman–Crippen MR) is 69.2 cm³/mol. The summed E-state index contributed by atoms with van der Waals surface area (Å²) < 4.78 is 11.3. The lowest BCUT2D eigenvalue weighted by Crippen LogP contribution is -2.58. The van der Waals surface area contributed by atoms with Gasteiger partial charge in [-0.25, -0.2) is 0 Å².